The second-order valence-electron chi connectivity index (χ2n) is 4.55. The predicted molar refractivity (Wildman–Crippen MR) is 76.9 cm³/mol. The number of nitrogens with zero attached hydrogens (tertiary/aromatic N) is 2. The SMILES string of the molecule is O=C1CCCc2cc([N+](=O)[O-])ccc2N1CCCS. The third-order valence-electron chi connectivity index (χ3n) is 3.24. The first kappa shape index (κ1) is 13.9. The van der Waals surface area contributed by atoms with Crippen molar-refractivity contribution in [2.24, 2.45) is 0 Å². The van der Waals surface area contributed by atoms with Crippen LogP contribution in [0.15, 0.2) is 18.2 Å². The zero-order valence-corrected chi connectivity index (χ0v) is 11.4. The quantitative estimate of drug-likeness (QED) is 0.524. The molecule has 0 fully saturated rings. The number of hydrogen-bond acceptors (Lipinski definition) is 4. The fourth-order valence-corrected chi connectivity index (χ4v) is 2.46. The predicted octanol–water partition coefficient (Wildman–Crippen LogP) is 2.58. The summed E-state index contributed by atoms with van der Waals surface area (Å²) in [6.07, 6.45) is 2.75. The first-order valence-electron chi connectivity index (χ1n) is 6.32. The van der Waals surface area contributed by atoms with Crippen LogP contribution < -0.4 is 4.90 Å². The second-order valence-corrected chi connectivity index (χ2v) is 4.99. The topological polar surface area (TPSA) is 63.4 Å². The third-order valence-corrected chi connectivity index (χ3v) is 3.56. The van der Waals surface area contributed by atoms with Crippen LogP contribution in [0.3, 0.4) is 0 Å². The largest absolute Gasteiger partial charge is 0.312 e. The Hall–Kier alpha value is -1.56. The van der Waals surface area contributed by atoms with E-state index in [1.807, 2.05) is 0 Å². The molecule has 0 saturated heterocycles. The number of non-ortho nitro benzene ring substituents is 1. The highest BCUT2D eigenvalue weighted by molar-refractivity contribution is 7.80. The van der Waals surface area contributed by atoms with Crippen LogP contribution in [0.2, 0.25) is 0 Å². The van der Waals surface area contributed by atoms with Gasteiger partial charge in [0.25, 0.3) is 5.69 Å². The molecule has 0 saturated carbocycles. The average molecular weight is 280 g/mol. The summed E-state index contributed by atoms with van der Waals surface area (Å²) in [7, 11) is 0. The summed E-state index contributed by atoms with van der Waals surface area (Å²) in [4.78, 5) is 24.2. The molecule has 0 atom stereocenters. The maximum Gasteiger partial charge on any atom is 0.269 e. The number of nitro groups is 1. The number of aryl methyl sites for hydroxylation is 1. The van der Waals surface area contributed by atoms with Crippen molar-refractivity contribution in [3.05, 3.63) is 33.9 Å². The number of nitro benzene ring substituents is 1. The van der Waals surface area contributed by atoms with Crippen LogP contribution in [0.25, 0.3) is 0 Å². The van der Waals surface area contributed by atoms with Crippen LogP contribution in [-0.4, -0.2) is 23.1 Å². The molecular weight excluding hydrogens is 264 g/mol. The number of benzene rings is 1. The molecule has 2 rings (SSSR count). The van der Waals surface area contributed by atoms with Gasteiger partial charge in [-0.15, -0.1) is 0 Å². The smallest absolute Gasteiger partial charge is 0.269 e. The molecule has 0 bridgehead atoms. The Kier molecular flexibility index (Phi) is 4.42. The summed E-state index contributed by atoms with van der Waals surface area (Å²) >= 11 is 4.16. The lowest BCUT2D eigenvalue weighted by Gasteiger charge is -2.22. The fourth-order valence-electron chi connectivity index (χ4n) is 2.32. The molecule has 0 radical (unpaired) electrons. The van der Waals surface area contributed by atoms with Gasteiger partial charge in [-0.3, -0.25) is 14.9 Å². The van der Waals surface area contributed by atoms with Crippen LogP contribution in [0.1, 0.15) is 24.8 Å². The number of fused-ring (bicyclic) bond motifs is 1. The monoisotopic (exact) mass is 280 g/mol. The van der Waals surface area contributed by atoms with Gasteiger partial charge in [-0.2, -0.15) is 12.6 Å². The molecular formula is C13H16N2O3S. The standard InChI is InChI=1S/C13H16N2O3S/c16-13-4-1-3-10-9-11(15(17)18)5-6-12(10)14(13)7-2-8-19/h5-6,9,19H,1-4,7-8H2. The van der Waals surface area contributed by atoms with Crippen LogP contribution in [0, 0.1) is 10.1 Å². The maximum absolute atomic E-state index is 12.1. The van der Waals surface area contributed by atoms with E-state index in [0.29, 0.717) is 25.1 Å². The molecule has 0 aromatic heterocycles. The van der Waals surface area contributed by atoms with Crippen molar-refractivity contribution < 1.29 is 9.72 Å². The van der Waals surface area contributed by atoms with Crippen molar-refractivity contribution >= 4 is 29.9 Å². The third kappa shape index (κ3) is 3.07. The average Bonchev–Trinajstić information content (AvgIpc) is 2.54. The normalized spacial score (nSPS) is 15.0. The number of anilines is 1. The zero-order valence-electron chi connectivity index (χ0n) is 10.5. The van der Waals surface area contributed by atoms with Crippen LogP contribution in [0.4, 0.5) is 11.4 Å². The minimum Gasteiger partial charge on any atom is -0.312 e. The molecule has 5 nitrogen and oxygen atoms in total. The summed E-state index contributed by atoms with van der Waals surface area (Å²) in [5.41, 5.74) is 1.79. The minimum atomic E-state index is -0.398. The fraction of sp³-hybridized carbons (Fsp3) is 0.462. The van der Waals surface area contributed by atoms with Gasteiger partial charge in [-0.1, -0.05) is 0 Å². The van der Waals surface area contributed by atoms with Gasteiger partial charge < -0.3 is 4.90 Å². The van der Waals surface area contributed by atoms with E-state index >= 15 is 0 Å². The highest BCUT2D eigenvalue weighted by Gasteiger charge is 2.23. The van der Waals surface area contributed by atoms with Gasteiger partial charge in [0.15, 0.2) is 0 Å². The Morgan fingerprint density at radius 2 is 2.16 bits per heavy atom. The van der Waals surface area contributed by atoms with Crippen molar-refractivity contribution in [3.63, 3.8) is 0 Å². The molecule has 6 heteroatoms. The lowest BCUT2D eigenvalue weighted by Crippen LogP contribution is -2.31. The molecule has 1 amide bonds. The van der Waals surface area contributed by atoms with Crippen LogP contribution >= 0.6 is 12.6 Å². The van der Waals surface area contributed by atoms with Crippen molar-refractivity contribution in [2.75, 3.05) is 17.2 Å². The molecule has 0 spiro atoms. The Morgan fingerprint density at radius 1 is 1.37 bits per heavy atom. The Bertz CT molecular complexity index is 505. The van der Waals surface area contributed by atoms with Crippen molar-refractivity contribution in [2.45, 2.75) is 25.7 Å². The Morgan fingerprint density at radius 3 is 2.84 bits per heavy atom. The zero-order chi connectivity index (χ0) is 13.8. The van der Waals surface area contributed by atoms with Gasteiger partial charge in [0.2, 0.25) is 5.91 Å². The molecule has 1 heterocycles. The van der Waals surface area contributed by atoms with E-state index in [2.05, 4.69) is 12.6 Å². The molecule has 1 aromatic rings. The van der Waals surface area contributed by atoms with Crippen molar-refractivity contribution in [1.29, 1.82) is 0 Å². The Labute approximate surface area is 117 Å². The lowest BCUT2D eigenvalue weighted by molar-refractivity contribution is -0.384. The molecule has 1 aliphatic rings. The maximum atomic E-state index is 12.1. The summed E-state index contributed by atoms with van der Waals surface area (Å²) < 4.78 is 0. The van der Waals surface area contributed by atoms with Crippen LogP contribution in [-0.2, 0) is 11.2 Å². The van der Waals surface area contributed by atoms with E-state index in [-0.39, 0.29) is 11.6 Å². The van der Waals surface area contributed by atoms with Gasteiger partial charge in [0, 0.05) is 30.8 Å². The molecule has 1 aliphatic heterocycles. The van der Waals surface area contributed by atoms with Gasteiger partial charge in [-0.05, 0) is 36.6 Å². The number of carbonyl (C=O) groups is 1. The van der Waals surface area contributed by atoms with E-state index < -0.39 is 4.92 Å². The Balaban J connectivity index is 2.37. The number of thiol groups is 1. The number of carbonyl (C=O) groups excluding carboxylic acids is 1. The first-order chi connectivity index (χ1) is 9.13. The molecule has 0 aliphatic carbocycles. The van der Waals surface area contributed by atoms with Crippen molar-refractivity contribution in [1.82, 2.24) is 0 Å². The molecule has 19 heavy (non-hydrogen) atoms. The molecule has 102 valence electrons. The van der Waals surface area contributed by atoms with Gasteiger partial charge in [0.05, 0.1) is 4.92 Å². The van der Waals surface area contributed by atoms with Crippen molar-refractivity contribution in [3.8, 4) is 0 Å². The summed E-state index contributed by atoms with van der Waals surface area (Å²) in [6, 6.07) is 4.74. The summed E-state index contributed by atoms with van der Waals surface area (Å²) in [6.45, 7) is 0.618. The highest BCUT2D eigenvalue weighted by Crippen LogP contribution is 2.30. The van der Waals surface area contributed by atoms with Gasteiger partial charge in [-0.25, -0.2) is 0 Å². The second kappa shape index (κ2) is 6.06. The molecule has 0 N–H and O–H groups in total. The van der Waals surface area contributed by atoms with E-state index in [1.54, 1.807) is 17.0 Å². The molecule has 0 unspecified atom stereocenters. The lowest BCUT2D eigenvalue weighted by atomic mass is 10.1. The van der Waals surface area contributed by atoms with E-state index in [1.165, 1.54) is 6.07 Å². The summed E-state index contributed by atoms with van der Waals surface area (Å²) in [5, 5.41) is 10.8. The van der Waals surface area contributed by atoms with E-state index in [0.717, 1.165) is 24.1 Å². The molecule has 1 aromatic carbocycles. The van der Waals surface area contributed by atoms with Gasteiger partial charge in [0.1, 0.15) is 0 Å². The highest BCUT2D eigenvalue weighted by atomic mass is 32.1. The van der Waals surface area contributed by atoms with Crippen LogP contribution in [0.5, 0.6) is 0 Å². The number of rotatable bonds is 4. The minimum absolute atomic E-state index is 0.0854. The number of amides is 1. The summed E-state index contributed by atoms with van der Waals surface area (Å²) in [5.74, 6) is 0.806. The van der Waals surface area contributed by atoms with E-state index in [4.69, 9.17) is 0 Å². The van der Waals surface area contributed by atoms with E-state index in [9.17, 15) is 14.9 Å². The number of hydrogen-bond donors (Lipinski definition) is 1. The van der Waals surface area contributed by atoms with Gasteiger partial charge >= 0.3 is 0 Å². The first-order valence-corrected chi connectivity index (χ1v) is 6.95.